The highest BCUT2D eigenvalue weighted by Gasteiger charge is 2.35. The van der Waals surface area contributed by atoms with E-state index in [1.807, 2.05) is 7.05 Å². The lowest BCUT2D eigenvalue weighted by Gasteiger charge is -2.31. The number of carbonyl (C=O) groups is 2. The van der Waals surface area contributed by atoms with Crippen LogP contribution in [0.25, 0.3) is 0 Å². The molecule has 1 saturated heterocycles. The van der Waals surface area contributed by atoms with Crippen LogP contribution in [0, 0.1) is 11.8 Å². The van der Waals surface area contributed by atoms with Gasteiger partial charge < -0.3 is 20.1 Å². The van der Waals surface area contributed by atoms with E-state index in [2.05, 4.69) is 10.2 Å². The third-order valence-electron chi connectivity index (χ3n) is 4.27. The molecule has 6 nitrogen and oxygen atoms in total. The van der Waals surface area contributed by atoms with E-state index in [0.29, 0.717) is 26.0 Å². The van der Waals surface area contributed by atoms with Gasteiger partial charge in [-0.05, 0) is 19.9 Å². The maximum absolute atomic E-state index is 12.2. The zero-order valence-corrected chi connectivity index (χ0v) is 12.0. The summed E-state index contributed by atoms with van der Waals surface area (Å²) < 4.78 is 5.59. The Labute approximate surface area is 119 Å². The minimum atomic E-state index is -0.849. The number of aliphatic carboxylic acids is 1. The number of ether oxygens (including phenoxy) is 1. The number of carbonyl (C=O) groups excluding carboxylic acids is 1. The molecule has 0 radical (unpaired) electrons. The number of nitrogens with one attached hydrogen (secondary N) is 1. The normalized spacial score (nSPS) is 31.8. The van der Waals surface area contributed by atoms with Gasteiger partial charge in [-0.2, -0.15) is 0 Å². The van der Waals surface area contributed by atoms with Gasteiger partial charge in [-0.3, -0.25) is 9.59 Å². The third-order valence-corrected chi connectivity index (χ3v) is 4.27. The summed E-state index contributed by atoms with van der Waals surface area (Å²) in [6, 6.07) is 0. The van der Waals surface area contributed by atoms with Crippen LogP contribution in [-0.4, -0.2) is 61.3 Å². The molecule has 2 rings (SSSR count). The molecule has 1 amide bonds. The predicted octanol–water partition coefficient (Wildman–Crippen LogP) is 0.324. The van der Waals surface area contributed by atoms with Crippen molar-refractivity contribution in [2.75, 3.05) is 33.3 Å². The number of hydrogen-bond acceptors (Lipinski definition) is 4. The van der Waals surface area contributed by atoms with Gasteiger partial charge in [0.05, 0.1) is 24.5 Å². The molecule has 0 aromatic heterocycles. The van der Waals surface area contributed by atoms with Crippen molar-refractivity contribution in [1.82, 2.24) is 10.2 Å². The van der Waals surface area contributed by atoms with E-state index in [4.69, 9.17) is 4.74 Å². The maximum atomic E-state index is 12.2. The topological polar surface area (TPSA) is 78.9 Å². The Hall–Kier alpha value is -1.14. The van der Waals surface area contributed by atoms with Crippen LogP contribution in [0.4, 0.5) is 0 Å². The fourth-order valence-corrected chi connectivity index (χ4v) is 3.08. The summed E-state index contributed by atoms with van der Waals surface area (Å²) in [6.07, 6.45) is 3.12. The lowest BCUT2D eigenvalue weighted by Crippen LogP contribution is -2.48. The Morgan fingerprint density at radius 1 is 1.30 bits per heavy atom. The van der Waals surface area contributed by atoms with E-state index in [1.165, 1.54) is 0 Å². The highest BCUT2D eigenvalue weighted by atomic mass is 16.5. The van der Waals surface area contributed by atoms with Crippen molar-refractivity contribution in [3.63, 3.8) is 0 Å². The average Bonchev–Trinajstić information content (AvgIpc) is 2.45. The Balaban J connectivity index is 1.82. The van der Waals surface area contributed by atoms with Gasteiger partial charge in [0.1, 0.15) is 0 Å². The first-order chi connectivity index (χ1) is 9.58. The molecule has 3 unspecified atom stereocenters. The van der Waals surface area contributed by atoms with Crippen LogP contribution in [0.2, 0.25) is 0 Å². The van der Waals surface area contributed by atoms with Crippen LogP contribution >= 0.6 is 0 Å². The lowest BCUT2D eigenvalue weighted by molar-refractivity contribution is -0.149. The Morgan fingerprint density at radius 3 is 2.65 bits per heavy atom. The molecule has 1 aliphatic heterocycles. The minimum Gasteiger partial charge on any atom is -0.481 e. The summed E-state index contributed by atoms with van der Waals surface area (Å²) in [6.45, 7) is 2.85. The number of carboxylic acid groups (broad SMARTS) is 1. The quantitative estimate of drug-likeness (QED) is 0.777. The number of hydrogen-bond donors (Lipinski definition) is 2. The standard InChI is InChI=1S/C14H24N2O4/c1-16-6-7-20-10(9-16)8-15-13(17)11-4-2-3-5-12(11)14(18)19/h10-12H,2-9H2,1H3,(H,15,17)(H,18,19). The molecular formula is C14H24N2O4. The van der Waals surface area contributed by atoms with Gasteiger partial charge in [-0.1, -0.05) is 12.8 Å². The zero-order chi connectivity index (χ0) is 14.5. The summed E-state index contributed by atoms with van der Waals surface area (Å²) in [5, 5.41) is 12.1. The molecule has 0 bridgehead atoms. The highest BCUT2D eigenvalue weighted by Crippen LogP contribution is 2.30. The van der Waals surface area contributed by atoms with E-state index in [1.54, 1.807) is 0 Å². The van der Waals surface area contributed by atoms with Crippen molar-refractivity contribution >= 4 is 11.9 Å². The van der Waals surface area contributed by atoms with Crippen molar-refractivity contribution in [2.45, 2.75) is 31.8 Å². The van der Waals surface area contributed by atoms with E-state index >= 15 is 0 Å². The largest absolute Gasteiger partial charge is 0.481 e. The number of likely N-dealkylation sites (N-methyl/N-ethyl adjacent to an activating group) is 1. The van der Waals surface area contributed by atoms with E-state index in [9.17, 15) is 14.7 Å². The summed E-state index contributed by atoms with van der Waals surface area (Å²) in [5.74, 6) is -1.89. The van der Waals surface area contributed by atoms with Gasteiger partial charge in [-0.15, -0.1) is 0 Å². The van der Waals surface area contributed by atoms with Gasteiger partial charge in [0.2, 0.25) is 5.91 Å². The van der Waals surface area contributed by atoms with Gasteiger partial charge in [0.15, 0.2) is 0 Å². The second-order valence-corrected chi connectivity index (χ2v) is 5.84. The van der Waals surface area contributed by atoms with Gasteiger partial charge >= 0.3 is 5.97 Å². The van der Waals surface area contributed by atoms with Crippen LogP contribution in [0.15, 0.2) is 0 Å². The summed E-state index contributed by atoms with van der Waals surface area (Å²) in [7, 11) is 2.03. The smallest absolute Gasteiger partial charge is 0.307 e. The molecule has 2 aliphatic rings. The molecule has 2 fully saturated rings. The molecule has 1 aliphatic carbocycles. The molecule has 3 atom stereocenters. The minimum absolute atomic E-state index is 0.00423. The monoisotopic (exact) mass is 284 g/mol. The van der Waals surface area contributed by atoms with Crippen LogP contribution in [0.1, 0.15) is 25.7 Å². The van der Waals surface area contributed by atoms with Crippen LogP contribution in [0.3, 0.4) is 0 Å². The van der Waals surface area contributed by atoms with E-state index in [-0.39, 0.29) is 17.9 Å². The maximum Gasteiger partial charge on any atom is 0.307 e. The first-order valence-electron chi connectivity index (χ1n) is 7.38. The molecule has 0 aromatic rings. The van der Waals surface area contributed by atoms with Crippen molar-refractivity contribution in [3.05, 3.63) is 0 Å². The summed E-state index contributed by atoms with van der Waals surface area (Å²) >= 11 is 0. The van der Waals surface area contributed by atoms with E-state index < -0.39 is 11.9 Å². The fourth-order valence-electron chi connectivity index (χ4n) is 3.08. The van der Waals surface area contributed by atoms with Crippen LogP contribution < -0.4 is 5.32 Å². The number of amides is 1. The van der Waals surface area contributed by atoms with Gasteiger partial charge in [0.25, 0.3) is 0 Å². The highest BCUT2D eigenvalue weighted by molar-refractivity contribution is 5.84. The van der Waals surface area contributed by atoms with E-state index in [0.717, 1.165) is 25.9 Å². The molecule has 0 aromatic carbocycles. The van der Waals surface area contributed by atoms with Crippen LogP contribution in [0.5, 0.6) is 0 Å². The number of morpholine rings is 1. The zero-order valence-electron chi connectivity index (χ0n) is 12.0. The Bertz CT molecular complexity index is 361. The molecule has 1 heterocycles. The van der Waals surface area contributed by atoms with Crippen LogP contribution in [-0.2, 0) is 14.3 Å². The number of rotatable bonds is 4. The molecule has 1 saturated carbocycles. The summed E-state index contributed by atoms with van der Waals surface area (Å²) in [4.78, 5) is 25.6. The molecule has 114 valence electrons. The second kappa shape index (κ2) is 7.04. The van der Waals surface area contributed by atoms with Crippen molar-refractivity contribution < 1.29 is 19.4 Å². The SMILES string of the molecule is CN1CCOC(CNC(=O)C2CCCCC2C(=O)O)C1. The third kappa shape index (κ3) is 3.93. The van der Waals surface area contributed by atoms with Gasteiger partial charge in [-0.25, -0.2) is 0 Å². The second-order valence-electron chi connectivity index (χ2n) is 5.84. The first kappa shape index (κ1) is 15.3. The summed E-state index contributed by atoms with van der Waals surface area (Å²) in [5.41, 5.74) is 0. The number of carboxylic acids is 1. The van der Waals surface area contributed by atoms with Crippen molar-refractivity contribution in [1.29, 1.82) is 0 Å². The molecule has 20 heavy (non-hydrogen) atoms. The number of nitrogens with zero attached hydrogens (tertiary/aromatic N) is 1. The molecule has 0 spiro atoms. The van der Waals surface area contributed by atoms with Gasteiger partial charge in [0, 0.05) is 19.6 Å². The average molecular weight is 284 g/mol. The molecular weight excluding hydrogens is 260 g/mol. The lowest BCUT2D eigenvalue weighted by atomic mass is 9.78. The first-order valence-corrected chi connectivity index (χ1v) is 7.38. The predicted molar refractivity (Wildman–Crippen MR) is 73.3 cm³/mol. The van der Waals surface area contributed by atoms with Crippen molar-refractivity contribution in [2.24, 2.45) is 11.8 Å². The molecule has 6 heteroatoms. The Kier molecular flexibility index (Phi) is 5.37. The fraction of sp³-hybridized carbons (Fsp3) is 0.857. The van der Waals surface area contributed by atoms with Crippen molar-refractivity contribution in [3.8, 4) is 0 Å². The molecule has 2 N–H and O–H groups in total. The Morgan fingerprint density at radius 2 is 2.00 bits per heavy atom.